The molecule has 0 radical (unpaired) electrons. The highest BCUT2D eigenvalue weighted by molar-refractivity contribution is 6.03. The van der Waals surface area contributed by atoms with Gasteiger partial charge in [0.25, 0.3) is 0 Å². The van der Waals surface area contributed by atoms with E-state index in [1.807, 2.05) is 12.1 Å². The number of aryl methyl sites for hydroxylation is 1. The zero-order chi connectivity index (χ0) is 10.4. The third-order valence-electron chi connectivity index (χ3n) is 3.12. The molecule has 1 heterocycles. The summed E-state index contributed by atoms with van der Waals surface area (Å²) < 4.78 is 0. The molecular formula is C12H14N2O. The average molecular weight is 202 g/mol. The minimum Gasteiger partial charge on any atom is -0.372 e. The summed E-state index contributed by atoms with van der Waals surface area (Å²) >= 11 is 0. The molecule has 3 nitrogen and oxygen atoms in total. The van der Waals surface area contributed by atoms with Crippen LogP contribution in [0, 0.1) is 12.8 Å². The van der Waals surface area contributed by atoms with Crippen LogP contribution in [0.5, 0.6) is 0 Å². The Labute approximate surface area is 88.9 Å². The predicted molar refractivity (Wildman–Crippen MR) is 59.9 cm³/mol. The number of hydrogen-bond acceptors (Lipinski definition) is 2. The van der Waals surface area contributed by atoms with Crippen molar-refractivity contribution in [3.63, 3.8) is 0 Å². The molecule has 1 saturated carbocycles. The molecule has 3 rings (SSSR count). The molecule has 1 aliphatic carbocycles. The van der Waals surface area contributed by atoms with Crippen LogP contribution in [0.4, 0.5) is 11.4 Å². The Morgan fingerprint density at radius 2 is 2.07 bits per heavy atom. The molecule has 3 heteroatoms. The molecule has 1 unspecified atom stereocenters. The van der Waals surface area contributed by atoms with Crippen molar-refractivity contribution in [2.45, 2.75) is 25.8 Å². The first-order valence-electron chi connectivity index (χ1n) is 5.42. The molecule has 1 amide bonds. The molecule has 1 aromatic rings. The zero-order valence-electron chi connectivity index (χ0n) is 8.71. The summed E-state index contributed by atoms with van der Waals surface area (Å²) in [5.74, 6) is 0.660. The van der Waals surface area contributed by atoms with E-state index >= 15 is 0 Å². The average Bonchev–Trinajstić information content (AvgIpc) is 3.01. The molecule has 0 aromatic heterocycles. The summed E-state index contributed by atoms with van der Waals surface area (Å²) in [6.07, 6.45) is 2.35. The summed E-state index contributed by atoms with van der Waals surface area (Å²) in [7, 11) is 0. The molecular weight excluding hydrogens is 188 g/mol. The normalized spacial score (nSPS) is 24.1. The van der Waals surface area contributed by atoms with Crippen molar-refractivity contribution in [3.8, 4) is 0 Å². The number of carbonyl (C=O) groups excluding carboxylic acids is 1. The van der Waals surface area contributed by atoms with E-state index < -0.39 is 0 Å². The van der Waals surface area contributed by atoms with Gasteiger partial charge < -0.3 is 10.6 Å². The number of rotatable bonds is 1. The number of anilines is 2. The highest BCUT2D eigenvalue weighted by Gasteiger charge is 2.38. The van der Waals surface area contributed by atoms with Crippen molar-refractivity contribution in [2.24, 2.45) is 5.92 Å². The highest BCUT2D eigenvalue weighted by atomic mass is 16.2. The Balaban J connectivity index is 1.95. The minimum absolute atomic E-state index is 0.0145. The van der Waals surface area contributed by atoms with E-state index in [1.165, 1.54) is 18.4 Å². The monoisotopic (exact) mass is 202 g/mol. The van der Waals surface area contributed by atoms with Crippen molar-refractivity contribution < 1.29 is 4.79 Å². The number of nitrogens with one attached hydrogen (secondary N) is 2. The lowest BCUT2D eigenvalue weighted by Crippen LogP contribution is -2.40. The van der Waals surface area contributed by atoms with Crippen molar-refractivity contribution in [1.82, 2.24) is 0 Å². The third kappa shape index (κ3) is 1.48. The third-order valence-corrected chi connectivity index (χ3v) is 3.12. The Hall–Kier alpha value is -1.51. The molecule has 0 bridgehead atoms. The van der Waals surface area contributed by atoms with E-state index in [4.69, 9.17) is 0 Å². The molecule has 1 fully saturated rings. The van der Waals surface area contributed by atoms with Gasteiger partial charge in [-0.1, -0.05) is 6.07 Å². The van der Waals surface area contributed by atoms with Gasteiger partial charge in [-0.15, -0.1) is 0 Å². The lowest BCUT2D eigenvalue weighted by molar-refractivity contribution is -0.117. The van der Waals surface area contributed by atoms with E-state index in [2.05, 4.69) is 23.6 Å². The van der Waals surface area contributed by atoms with E-state index in [0.29, 0.717) is 5.92 Å². The quantitative estimate of drug-likeness (QED) is 0.732. The Bertz CT molecular complexity index is 424. The van der Waals surface area contributed by atoms with Crippen LogP contribution in [-0.4, -0.2) is 11.9 Å². The van der Waals surface area contributed by atoms with Crippen LogP contribution < -0.4 is 10.6 Å². The number of amides is 1. The lowest BCUT2D eigenvalue weighted by atomic mass is 10.1. The summed E-state index contributed by atoms with van der Waals surface area (Å²) in [6.45, 7) is 2.06. The fourth-order valence-electron chi connectivity index (χ4n) is 2.09. The second-order valence-corrected chi connectivity index (χ2v) is 4.50. The van der Waals surface area contributed by atoms with E-state index in [0.717, 1.165) is 11.4 Å². The maximum Gasteiger partial charge on any atom is 0.247 e. The summed E-state index contributed by atoms with van der Waals surface area (Å²) in [5, 5.41) is 6.29. The Kier molecular flexibility index (Phi) is 1.75. The van der Waals surface area contributed by atoms with Crippen LogP contribution in [0.15, 0.2) is 18.2 Å². The van der Waals surface area contributed by atoms with Crippen LogP contribution in [0.25, 0.3) is 0 Å². The van der Waals surface area contributed by atoms with Gasteiger partial charge in [-0.3, -0.25) is 4.79 Å². The molecule has 1 atom stereocenters. The van der Waals surface area contributed by atoms with Crippen LogP contribution >= 0.6 is 0 Å². The Morgan fingerprint density at radius 1 is 1.27 bits per heavy atom. The van der Waals surface area contributed by atoms with Gasteiger partial charge in [-0.2, -0.15) is 0 Å². The lowest BCUT2D eigenvalue weighted by Gasteiger charge is -2.27. The first-order chi connectivity index (χ1) is 7.24. The summed E-state index contributed by atoms with van der Waals surface area (Å²) in [5.41, 5.74) is 3.18. The van der Waals surface area contributed by atoms with E-state index in [9.17, 15) is 4.79 Å². The van der Waals surface area contributed by atoms with Crippen molar-refractivity contribution >= 4 is 17.3 Å². The fraction of sp³-hybridized carbons (Fsp3) is 0.417. The van der Waals surface area contributed by atoms with Gasteiger partial charge in [0.05, 0.1) is 11.4 Å². The van der Waals surface area contributed by atoms with Crippen molar-refractivity contribution in [2.75, 3.05) is 10.6 Å². The molecule has 1 aliphatic heterocycles. The van der Waals surface area contributed by atoms with Gasteiger partial charge in [0.2, 0.25) is 5.91 Å². The van der Waals surface area contributed by atoms with Gasteiger partial charge in [0.1, 0.15) is 6.04 Å². The van der Waals surface area contributed by atoms with Crippen LogP contribution in [0.2, 0.25) is 0 Å². The molecule has 1 aromatic carbocycles. The van der Waals surface area contributed by atoms with Crippen molar-refractivity contribution in [1.29, 1.82) is 0 Å². The van der Waals surface area contributed by atoms with Gasteiger partial charge >= 0.3 is 0 Å². The first kappa shape index (κ1) is 8.77. The summed E-state index contributed by atoms with van der Waals surface area (Å²) in [6, 6.07) is 6.04. The van der Waals surface area contributed by atoms with Gasteiger partial charge in [-0.05, 0) is 43.4 Å². The Morgan fingerprint density at radius 3 is 2.80 bits per heavy atom. The number of benzene rings is 1. The number of fused-ring (bicyclic) bond motifs is 1. The van der Waals surface area contributed by atoms with Gasteiger partial charge in [0, 0.05) is 0 Å². The van der Waals surface area contributed by atoms with Crippen LogP contribution in [-0.2, 0) is 4.79 Å². The maximum absolute atomic E-state index is 11.7. The SMILES string of the molecule is Cc1ccc2c(c1)NC(C1CC1)C(=O)N2. The van der Waals surface area contributed by atoms with Gasteiger partial charge in [-0.25, -0.2) is 0 Å². The van der Waals surface area contributed by atoms with Crippen molar-refractivity contribution in [3.05, 3.63) is 23.8 Å². The van der Waals surface area contributed by atoms with Crippen LogP contribution in [0.3, 0.4) is 0 Å². The molecule has 0 saturated heterocycles. The second-order valence-electron chi connectivity index (χ2n) is 4.50. The molecule has 78 valence electrons. The minimum atomic E-state index is -0.0145. The fourth-order valence-corrected chi connectivity index (χ4v) is 2.09. The van der Waals surface area contributed by atoms with E-state index in [-0.39, 0.29) is 11.9 Å². The zero-order valence-corrected chi connectivity index (χ0v) is 8.71. The number of hydrogen-bond donors (Lipinski definition) is 2. The largest absolute Gasteiger partial charge is 0.372 e. The summed E-state index contributed by atoms with van der Waals surface area (Å²) in [4.78, 5) is 11.7. The van der Waals surface area contributed by atoms with Crippen LogP contribution in [0.1, 0.15) is 18.4 Å². The maximum atomic E-state index is 11.7. The number of carbonyl (C=O) groups is 1. The smallest absolute Gasteiger partial charge is 0.247 e. The first-order valence-corrected chi connectivity index (χ1v) is 5.42. The van der Waals surface area contributed by atoms with E-state index in [1.54, 1.807) is 0 Å². The topological polar surface area (TPSA) is 41.1 Å². The predicted octanol–water partition coefficient (Wildman–Crippen LogP) is 2.14. The molecule has 2 N–H and O–H groups in total. The second kappa shape index (κ2) is 2.99. The highest BCUT2D eigenvalue weighted by Crippen LogP contribution is 2.38. The standard InChI is InChI=1S/C12H14N2O/c1-7-2-5-9-10(6-7)13-11(8-3-4-8)12(15)14-9/h2,5-6,8,11,13H,3-4H2,1H3,(H,14,15). The molecule has 15 heavy (non-hydrogen) atoms. The molecule has 0 spiro atoms. The molecule has 2 aliphatic rings. The van der Waals surface area contributed by atoms with Gasteiger partial charge in [0.15, 0.2) is 0 Å².